The molecule has 0 aromatic heterocycles. The lowest BCUT2D eigenvalue weighted by Crippen LogP contribution is -2.10. The third-order valence-electron chi connectivity index (χ3n) is 3.69. The highest BCUT2D eigenvalue weighted by atomic mass is 35.5. The molecule has 0 aliphatic carbocycles. The quantitative estimate of drug-likeness (QED) is 0.172. The summed E-state index contributed by atoms with van der Waals surface area (Å²) in [6.45, 7) is 2.11. The fraction of sp³-hybridized carbons (Fsp3) is 0.227. The van der Waals surface area contributed by atoms with E-state index in [1.807, 2.05) is 0 Å². The number of nitrogens with zero attached hydrogens (tertiary/aromatic N) is 1. The highest BCUT2D eigenvalue weighted by Gasteiger charge is 2.11. The summed E-state index contributed by atoms with van der Waals surface area (Å²) in [4.78, 5) is 23.8. The maximum absolute atomic E-state index is 12.1. The number of carbonyl (C=O) groups is 2. The summed E-state index contributed by atoms with van der Waals surface area (Å²) < 4.78 is 15.7. The normalized spacial score (nSPS) is 10.8. The molecule has 0 N–H and O–H groups in total. The van der Waals surface area contributed by atoms with Crippen molar-refractivity contribution in [2.24, 2.45) is 0 Å². The first-order valence-corrected chi connectivity index (χ1v) is 9.86. The Morgan fingerprint density at radius 2 is 1.97 bits per heavy atom. The van der Waals surface area contributed by atoms with Crippen LogP contribution in [-0.4, -0.2) is 25.2 Å². The van der Waals surface area contributed by atoms with Crippen LogP contribution in [0.1, 0.15) is 25.3 Å². The molecule has 0 fully saturated rings. The van der Waals surface area contributed by atoms with Gasteiger partial charge in [-0.25, -0.2) is 4.79 Å². The van der Waals surface area contributed by atoms with Crippen molar-refractivity contribution in [1.29, 1.82) is 5.26 Å². The molecule has 2 aromatic rings. The van der Waals surface area contributed by atoms with Crippen molar-refractivity contribution in [3.05, 3.63) is 63.6 Å². The molecule has 0 aliphatic heterocycles. The lowest BCUT2D eigenvalue weighted by molar-refractivity contribution is -0.138. The Kier molecular flexibility index (Phi) is 9.20. The van der Waals surface area contributed by atoms with Gasteiger partial charge in [-0.1, -0.05) is 35.3 Å². The number of esters is 2. The molecule has 0 saturated heterocycles. The summed E-state index contributed by atoms with van der Waals surface area (Å²) in [5, 5.41) is 10.0. The molecule has 156 valence electrons. The van der Waals surface area contributed by atoms with E-state index in [1.54, 1.807) is 55.5 Å². The molecule has 2 rings (SSSR count). The Balaban J connectivity index is 1.87. The summed E-state index contributed by atoms with van der Waals surface area (Å²) in [6, 6.07) is 13.2. The molecule has 2 aromatic carbocycles. The summed E-state index contributed by atoms with van der Waals surface area (Å²) in [6.07, 6.45) is 1.94. The largest absolute Gasteiger partial charge is 0.492 e. The molecule has 6 nitrogen and oxygen atoms in total. The smallest absolute Gasteiger partial charge is 0.348 e. The van der Waals surface area contributed by atoms with Crippen molar-refractivity contribution in [1.82, 2.24) is 0 Å². The second-order valence-electron chi connectivity index (χ2n) is 5.96. The average Bonchev–Trinajstić information content (AvgIpc) is 2.71. The van der Waals surface area contributed by atoms with Crippen LogP contribution in [0, 0.1) is 11.3 Å². The van der Waals surface area contributed by atoms with Crippen LogP contribution in [0.25, 0.3) is 6.08 Å². The minimum Gasteiger partial charge on any atom is -0.492 e. The average molecular weight is 448 g/mol. The van der Waals surface area contributed by atoms with Gasteiger partial charge in [-0.2, -0.15) is 5.26 Å². The van der Waals surface area contributed by atoms with Gasteiger partial charge in [-0.05, 0) is 55.3 Å². The van der Waals surface area contributed by atoms with Crippen LogP contribution in [0.5, 0.6) is 11.5 Å². The number of hydrogen-bond donors (Lipinski definition) is 0. The van der Waals surface area contributed by atoms with Gasteiger partial charge in [-0.15, -0.1) is 0 Å². The minimum absolute atomic E-state index is 0.136. The summed E-state index contributed by atoms with van der Waals surface area (Å²) in [5.41, 5.74) is 0.393. The second kappa shape index (κ2) is 11.9. The number of nitriles is 1. The molecule has 0 spiro atoms. The van der Waals surface area contributed by atoms with Gasteiger partial charge in [0.05, 0.1) is 18.2 Å². The predicted octanol–water partition coefficient (Wildman–Crippen LogP) is 5.23. The number of ether oxygens (including phenoxy) is 3. The standard InChI is InChI=1S/C22H19Cl2NO5/c1-2-28-22(27)16(14-25)11-15-5-3-6-18(12-15)30-21(26)7-4-10-29-20-9-8-17(23)13-19(20)24/h3,5-6,8-9,11-13H,2,4,7,10H2,1H3/b16-11+. The Labute approximate surface area is 184 Å². The highest BCUT2D eigenvalue weighted by molar-refractivity contribution is 6.35. The molecule has 0 aliphatic rings. The van der Waals surface area contributed by atoms with Gasteiger partial charge >= 0.3 is 11.9 Å². The highest BCUT2D eigenvalue weighted by Crippen LogP contribution is 2.27. The fourth-order valence-electron chi connectivity index (χ4n) is 2.35. The third kappa shape index (κ3) is 7.43. The van der Waals surface area contributed by atoms with Crippen molar-refractivity contribution in [2.75, 3.05) is 13.2 Å². The van der Waals surface area contributed by atoms with E-state index in [9.17, 15) is 9.59 Å². The SMILES string of the molecule is CCOC(=O)/C(C#N)=C/c1cccc(OC(=O)CCCOc2ccc(Cl)cc2Cl)c1. The summed E-state index contributed by atoms with van der Waals surface area (Å²) >= 11 is 11.9. The number of hydrogen-bond acceptors (Lipinski definition) is 6. The predicted molar refractivity (Wildman–Crippen MR) is 113 cm³/mol. The summed E-state index contributed by atoms with van der Waals surface area (Å²) in [7, 11) is 0. The van der Waals surface area contributed by atoms with Gasteiger partial charge in [0, 0.05) is 11.4 Å². The van der Waals surface area contributed by atoms with Crippen molar-refractivity contribution < 1.29 is 23.8 Å². The lowest BCUT2D eigenvalue weighted by atomic mass is 10.1. The molecule has 0 radical (unpaired) electrons. The number of rotatable bonds is 9. The molecule has 0 atom stereocenters. The Morgan fingerprint density at radius 3 is 2.67 bits per heavy atom. The first-order valence-electron chi connectivity index (χ1n) is 9.10. The maximum Gasteiger partial charge on any atom is 0.348 e. The van der Waals surface area contributed by atoms with Crippen LogP contribution >= 0.6 is 23.2 Å². The topological polar surface area (TPSA) is 85.6 Å². The van der Waals surface area contributed by atoms with E-state index in [2.05, 4.69) is 0 Å². The number of benzene rings is 2. The minimum atomic E-state index is -0.705. The van der Waals surface area contributed by atoms with Gasteiger partial charge < -0.3 is 14.2 Å². The zero-order chi connectivity index (χ0) is 21.9. The molecule has 30 heavy (non-hydrogen) atoms. The van der Waals surface area contributed by atoms with E-state index < -0.39 is 11.9 Å². The first kappa shape index (κ1) is 23.3. The first-order chi connectivity index (χ1) is 14.4. The summed E-state index contributed by atoms with van der Waals surface area (Å²) in [5.74, 6) is -0.351. The van der Waals surface area contributed by atoms with Crippen molar-refractivity contribution in [2.45, 2.75) is 19.8 Å². The van der Waals surface area contributed by atoms with Crippen molar-refractivity contribution in [3.63, 3.8) is 0 Å². The van der Waals surface area contributed by atoms with Crippen LogP contribution in [0.2, 0.25) is 10.0 Å². The Hall–Kier alpha value is -3.01. The zero-order valence-corrected chi connectivity index (χ0v) is 17.7. The van der Waals surface area contributed by atoms with Crippen molar-refractivity contribution >= 4 is 41.2 Å². The molecule has 8 heteroatoms. The van der Waals surface area contributed by atoms with E-state index in [-0.39, 0.29) is 25.2 Å². The van der Waals surface area contributed by atoms with Crippen LogP contribution in [0.3, 0.4) is 0 Å². The molecular formula is C22H19Cl2NO5. The maximum atomic E-state index is 12.1. The van der Waals surface area contributed by atoms with Crippen molar-refractivity contribution in [3.8, 4) is 17.6 Å². The second-order valence-corrected chi connectivity index (χ2v) is 6.81. The van der Waals surface area contributed by atoms with E-state index >= 15 is 0 Å². The van der Waals surface area contributed by atoms with Crippen LogP contribution < -0.4 is 9.47 Å². The Morgan fingerprint density at radius 1 is 1.17 bits per heavy atom. The fourth-order valence-corrected chi connectivity index (χ4v) is 2.82. The van der Waals surface area contributed by atoms with Crippen LogP contribution in [-0.2, 0) is 14.3 Å². The van der Waals surface area contributed by atoms with Crippen LogP contribution in [0.4, 0.5) is 0 Å². The van der Waals surface area contributed by atoms with Gasteiger partial charge in [-0.3, -0.25) is 4.79 Å². The molecule has 0 saturated carbocycles. The van der Waals surface area contributed by atoms with Gasteiger partial charge in [0.15, 0.2) is 0 Å². The van der Waals surface area contributed by atoms with E-state index in [4.69, 9.17) is 42.7 Å². The lowest BCUT2D eigenvalue weighted by Gasteiger charge is -2.08. The van der Waals surface area contributed by atoms with Crippen LogP contribution in [0.15, 0.2) is 48.0 Å². The molecule has 0 amide bonds. The molecular weight excluding hydrogens is 429 g/mol. The third-order valence-corrected chi connectivity index (χ3v) is 4.22. The van der Waals surface area contributed by atoms with Gasteiger partial charge in [0.25, 0.3) is 0 Å². The van der Waals surface area contributed by atoms with Gasteiger partial charge in [0.2, 0.25) is 0 Å². The van der Waals surface area contributed by atoms with E-state index in [1.165, 1.54) is 6.08 Å². The molecule has 0 heterocycles. The monoisotopic (exact) mass is 447 g/mol. The number of carbonyl (C=O) groups excluding carboxylic acids is 2. The zero-order valence-electron chi connectivity index (χ0n) is 16.2. The number of halogens is 2. The van der Waals surface area contributed by atoms with Gasteiger partial charge in [0.1, 0.15) is 23.1 Å². The Bertz CT molecular complexity index is 982. The molecule has 0 bridgehead atoms. The van der Waals surface area contributed by atoms with E-state index in [0.29, 0.717) is 33.5 Å². The molecule has 0 unspecified atom stereocenters. The van der Waals surface area contributed by atoms with E-state index in [0.717, 1.165) is 0 Å².